The molecule has 3 nitrogen and oxygen atoms in total. The third kappa shape index (κ3) is 4.87. The Morgan fingerprint density at radius 2 is 1.91 bits per heavy atom. The standard InChI is InChI=1S/C16H12Br2ClNO2/c17-12-4-1-10(2-5-12)9-22-16-13(18)7-11(8-14(16)19)3-6-15(20)21/h1-8H,9H2,(H2,20,21)/b6-3+. The van der Waals surface area contributed by atoms with Gasteiger partial charge in [0.1, 0.15) is 6.61 Å². The van der Waals surface area contributed by atoms with Gasteiger partial charge in [0.25, 0.3) is 0 Å². The zero-order valence-electron chi connectivity index (χ0n) is 11.4. The van der Waals surface area contributed by atoms with E-state index in [4.69, 9.17) is 22.1 Å². The molecule has 2 aromatic rings. The van der Waals surface area contributed by atoms with E-state index in [0.717, 1.165) is 15.6 Å². The van der Waals surface area contributed by atoms with E-state index in [1.807, 2.05) is 30.3 Å². The smallest absolute Gasteiger partial charge is 0.241 e. The number of amides is 1. The Hall–Kier alpha value is -1.30. The Kier molecular flexibility index (Phi) is 6.06. The van der Waals surface area contributed by atoms with Gasteiger partial charge in [-0.2, -0.15) is 0 Å². The molecule has 0 spiro atoms. The Morgan fingerprint density at radius 1 is 1.23 bits per heavy atom. The van der Waals surface area contributed by atoms with Crippen LogP contribution in [0.2, 0.25) is 5.02 Å². The van der Waals surface area contributed by atoms with Crippen molar-refractivity contribution in [1.82, 2.24) is 0 Å². The second-order valence-electron chi connectivity index (χ2n) is 4.46. The zero-order chi connectivity index (χ0) is 16.1. The zero-order valence-corrected chi connectivity index (χ0v) is 15.3. The summed E-state index contributed by atoms with van der Waals surface area (Å²) in [6.45, 7) is 0.405. The first-order chi connectivity index (χ1) is 10.5. The molecule has 0 heterocycles. The van der Waals surface area contributed by atoms with Gasteiger partial charge >= 0.3 is 0 Å². The Morgan fingerprint density at radius 3 is 2.50 bits per heavy atom. The molecule has 0 aliphatic rings. The molecule has 114 valence electrons. The van der Waals surface area contributed by atoms with Crippen molar-refractivity contribution >= 4 is 55.4 Å². The van der Waals surface area contributed by atoms with Crippen molar-refractivity contribution in [1.29, 1.82) is 0 Å². The molecule has 0 bridgehead atoms. The number of rotatable bonds is 5. The lowest BCUT2D eigenvalue weighted by atomic mass is 10.2. The summed E-state index contributed by atoms with van der Waals surface area (Å²) in [7, 11) is 0. The van der Waals surface area contributed by atoms with Gasteiger partial charge in [-0.15, -0.1) is 0 Å². The molecule has 22 heavy (non-hydrogen) atoms. The van der Waals surface area contributed by atoms with Gasteiger partial charge in [-0.3, -0.25) is 4.79 Å². The van der Waals surface area contributed by atoms with Crippen molar-refractivity contribution in [3.63, 3.8) is 0 Å². The summed E-state index contributed by atoms with van der Waals surface area (Å²) in [4.78, 5) is 10.8. The first-order valence-electron chi connectivity index (χ1n) is 6.29. The number of halogens is 3. The van der Waals surface area contributed by atoms with Gasteiger partial charge in [0.2, 0.25) is 5.91 Å². The molecule has 1 amide bonds. The molecule has 0 unspecified atom stereocenters. The van der Waals surface area contributed by atoms with Crippen LogP contribution in [0, 0.1) is 0 Å². The van der Waals surface area contributed by atoms with Crippen molar-refractivity contribution in [3.05, 3.63) is 67.6 Å². The van der Waals surface area contributed by atoms with Gasteiger partial charge in [-0.05, 0) is 57.4 Å². The maximum atomic E-state index is 10.8. The van der Waals surface area contributed by atoms with Crippen LogP contribution < -0.4 is 10.5 Å². The molecule has 0 aliphatic carbocycles. The fourth-order valence-electron chi connectivity index (χ4n) is 1.73. The molecule has 2 aromatic carbocycles. The minimum absolute atomic E-state index is 0.405. The maximum absolute atomic E-state index is 10.8. The van der Waals surface area contributed by atoms with Crippen LogP contribution in [-0.2, 0) is 11.4 Å². The van der Waals surface area contributed by atoms with Crippen LogP contribution >= 0.6 is 43.5 Å². The van der Waals surface area contributed by atoms with Crippen molar-refractivity contribution < 1.29 is 9.53 Å². The normalized spacial score (nSPS) is 10.9. The highest BCUT2D eigenvalue weighted by Gasteiger charge is 2.09. The van der Waals surface area contributed by atoms with Crippen molar-refractivity contribution in [2.24, 2.45) is 5.73 Å². The first-order valence-corrected chi connectivity index (χ1v) is 8.26. The lowest BCUT2D eigenvalue weighted by molar-refractivity contribution is -0.113. The van der Waals surface area contributed by atoms with Gasteiger partial charge in [0, 0.05) is 10.5 Å². The Bertz CT molecular complexity index is 692. The topological polar surface area (TPSA) is 52.3 Å². The van der Waals surface area contributed by atoms with E-state index in [0.29, 0.717) is 21.9 Å². The molecule has 0 aromatic heterocycles. The number of carbonyl (C=O) groups is 1. The molecule has 0 saturated carbocycles. The number of carbonyl (C=O) groups excluding carboxylic acids is 1. The van der Waals surface area contributed by atoms with Gasteiger partial charge in [0.15, 0.2) is 5.75 Å². The van der Waals surface area contributed by atoms with Crippen molar-refractivity contribution in [2.75, 3.05) is 0 Å². The second kappa shape index (κ2) is 7.81. The monoisotopic (exact) mass is 443 g/mol. The molecule has 2 rings (SSSR count). The molecule has 0 radical (unpaired) electrons. The van der Waals surface area contributed by atoms with Crippen molar-refractivity contribution in [3.8, 4) is 5.75 Å². The van der Waals surface area contributed by atoms with Crippen LogP contribution in [0.15, 0.2) is 51.4 Å². The van der Waals surface area contributed by atoms with Crippen LogP contribution in [0.5, 0.6) is 5.75 Å². The summed E-state index contributed by atoms with van der Waals surface area (Å²) in [5, 5.41) is 0.454. The predicted octanol–water partition coefficient (Wildman–Crippen LogP) is 4.94. The summed E-state index contributed by atoms with van der Waals surface area (Å²) in [5.41, 5.74) is 6.86. The van der Waals surface area contributed by atoms with E-state index < -0.39 is 5.91 Å². The summed E-state index contributed by atoms with van der Waals surface area (Å²) in [5.74, 6) is 0.0450. The van der Waals surface area contributed by atoms with E-state index in [2.05, 4.69) is 31.9 Å². The number of hydrogen-bond acceptors (Lipinski definition) is 2. The number of hydrogen-bond donors (Lipinski definition) is 1. The minimum atomic E-state index is -0.511. The Balaban J connectivity index is 2.14. The largest absolute Gasteiger partial charge is 0.486 e. The minimum Gasteiger partial charge on any atom is -0.486 e. The van der Waals surface area contributed by atoms with E-state index in [1.165, 1.54) is 6.08 Å². The number of nitrogens with two attached hydrogens (primary N) is 1. The molecular formula is C16H12Br2ClNO2. The molecule has 2 N–H and O–H groups in total. The van der Waals surface area contributed by atoms with Gasteiger partial charge in [-0.1, -0.05) is 39.7 Å². The lowest BCUT2D eigenvalue weighted by Crippen LogP contribution is -2.05. The molecule has 6 heteroatoms. The fraction of sp³-hybridized carbons (Fsp3) is 0.0625. The van der Waals surface area contributed by atoms with Crippen LogP contribution in [0.25, 0.3) is 6.08 Å². The highest BCUT2D eigenvalue weighted by Crippen LogP contribution is 2.35. The fourth-order valence-corrected chi connectivity index (χ4v) is 2.98. The molecule has 0 fully saturated rings. The van der Waals surface area contributed by atoms with E-state index in [1.54, 1.807) is 12.1 Å². The Labute approximate surface area is 150 Å². The average Bonchev–Trinajstić information content (AvgIpc) is 2.46. The van der Waals surface area contributed by atoms with Crippen LogP contribution in [0.1, 0.15) is 11.1 Å². The van der Waals surface area contributed by atoms with Gasteiger partial charge in [0.05, 0.1) is 9.50 Å². The summed E-state index contributed by atoms with van der Waals surface area (Å²) >= 11 is 13.0. The highest BCUT2D eigenvalue weighted by molar-refractivity contribution is 9.10. The van der Waals surface area contributed by atoms with E-state index in [9.17, 15) is 4.79 Å². The van der Waals surface area contributed by atoms with E-state index >= 15 is 0 Å². The average molecular weight is 446 g/mol. The van der Waals surface area contributed by atoms with E-state index in [-0.39, 0.29) is 0 Å². The highest BCUT2D eigenvalue weighted by atomic mass is 79.9. The third-order valence-corrected chi connectivity index (χ3v) is 4.16. The number of ether oxygens (including phenoxy) is 1. The second-order valence-corrected chi connectivity index (χ2v) is 6.64. The van der Waals surface area contributed by atoms with Crippen LogP contribution in [-0.4, -0.2) is 5.91 Å². The van der Waals surface area contributed by atoms with Crippen LogP contribution in [0.3, 0.4) is 0 Å². The van der Waals surface area contributed by atoms with Gasteiger partial charge in [-0.25, -0.2) is 0 Å². The first kappa shape index (κ1) is 17.1. The summed E-state index contributed by atoms with van der Waals surface area (Å²) in [6, 6.07) is 11.4. The molecule has 0 atom stereocenters. The van der Waals surface area contributed by atoms with Gasteiger partial charge < -0.3 is 10.5 Å². The summed E-state index contributed by atoms with van der Waals surface area (Å²) in [6.07, 6.45) is 2.87. The molecular weight excluding hydrogens is 433 g/mol. The molecule has 0 saturated heterocycles. The SMILES string of the molecule is NC(=O)/C=C/c1cc(Cl)c(OCc2ccc(Br)cc2)c(Br)c1. The number of primary amides is 1. The quantitative estimate of drug-likeness (QED) is 0.663. The third-order valence-electron chi connectivity index (χ3n) is 2.76. The van der Waals surface area contributed by atoms with Crippen molar-refractivity contribution in [2.45, 2.75) is 6.61 Å². The summed E-state index contributed by atoms with van der Waals surface area (Å²) < 4.78 is 7.49. The molecule has 0 aliphatic heterocycles. The number of benzene rings is 2. The predicted molar refractivity (Wildman–Crippen MR) is 95.9 cm³/mol. The van der Waals surface area contributed by atoms with Crippen LogP contribution in [0.4, 0.5) is 0 Å². The lowest BCUT2D eigenvalue weighted by Gasteiger charge is -2.11. The maximum Gasteiger partial charge on any atom is 0.241 e.